The fraction of sp³-hybridized carbons (Fsp3) is 0.533. The number of hydrogen-bond donors (Lipinski definition) is 0. The van der Waals surface area contributed by atoms with E-state index in [1.807, 2.05) is 31.2 Å². The molecule has 5 heteroatoms. The van der Waals surface area contributed by atoms with Gasteiger partial charge in [-0.3, -0.25) is 4.79 Å². The molecule has 1 aliphatic rings. The molecule has 0 spiro atoms. The molecule has 1 aliphatic heterocycles. The fourth-order valence-corrected chi connectivity index (χ4v) is 3.72. The van der Waals surface area contributed by atoms with Crippen molar-refractivity contribution in [3.63, 3.8) is 0 Å². The lowest BCUT2D eigenvalue weighted by atomic mass is 9.91. The Bertz CT molecular complexity index is 578. The molecule has 1 heterocycles. The molecule has 0 aromatic heterocycles. The number of hydrogen-bond acceptors (Lipinski definition) is 3. The molecule has 1 atom stereocenters. The Balaban J connectivity index is 2.13. The summed E-state index contributed by atoms with van der Waals surface area (Å²) in [6, 6.07) is 7.48. The molecule has 1 aromatic rings. The van der Waals surface area contributed by atoms with Crippen molar-refractivity contribution in [3.8, 4) is 0 Å². The maximum absolute atomic E-state index is 12.5. The third-order valence-electron chi connectivity index (χ3n) is 3.85. The number of benzene rings is 1. The van der Waals surface area contributed by atoms with Crippen LogP contribution in [0.2, 0.25) is 0 Å². The highest BCUT2D eigenvalue weighted by molar-refractivity contribution is 7.89. The second kappa shape index (κ2) is 6.06. The van der Waals surface area contributed by atoms with Crippen molar-refractivity contribution in [1.82, 2.24) is 4.31 Å². The van der Waals surface area contributed by atoms with Crippen LogP contribution in [0.25, 0.3) is 0 Å². The first-order valence-electron chi connectivity index (χ1n) is 7.02. The SMILES string of the molecule is CCS(=O)(=O)N1CCCC(C(=O)c2ccc(C)cc2)C1. The van der Waals surface area contributed by atoms with Crippen molar-refractivity contribution in [2.75, 3.05) is 18.8 Å². The largest absolute Gasteiger partial charge is 0.294 e. The number of aryl methyl sites for hydroxylation is 1. The molecular weight excluding hydrogens is 274 g/mol. The van der Waals surface area contributed by atoms with E-state index in [-0.39, 0.29) is 17.5 Å². The number of Topliss-reactive ketones (excluding diaryl/α,β-unsaturated/α-hetero) is 1. The van der Waals surface area contributed by atoms with Gasteiger partial charge in [0, 0.05) is 24.6 Å². The lowest BCUT2D eigenvalue weighted by Gasteiger charge is -2.30. The molecule has 0 radical (unpaired) electrons. The average molecular weight is 295 g/mol. The molecule has 0 N–H and O–H groups in total. The average Bonchev–Trinajstić information content (AvgIpc) is 2.47. The molecule has 1 saturated heterocycles. The summed E-state index contributed by atoms with van der Waals surface area (Å²) in [7, 11) is -3.20. The van der Waals surface area contributed by atoms with E-state index in [9.17, 15) is 13.2 Å². The van der Waals surface area contributed by atoms with Gasteiger partial charge >= 0.3 is 0 Å². The van der Waals surface area contributed by atoms with E-state index < -0.39 is 10.0 Å². The molecule has 0 aliphatic carbocycles. The van der Waals surface area contributed by atoms with Crippen LogP contribution in [0.15, 0.2) is 24.3 Å². The summed E-state index contributed by atoms with van der Waals surface area (Å²) in [5.74, 6) is -0.0629. The van der Waals surface area contributed by atoms with Crippen molar-refractivity contribution in [2.45, 2.75) is 26.7 Å². The van der Waals surface area contributed by atoms with Crippen LogP contribution in [0.1, 0.15) is 35.7 Å². The summed E-state index contributed by atoms with van der Waals surface area (Å²) in [4.78, 5) is 12.5. The minimum atomic E-state index is -3.20. The molecule has 4 nitrogen and oxygen atoms in total. The second-order valence-corrected chi connectivity index (χ2v) is 7.59. The standard InChI is InChI=1S/C15H21NO3S/c1-3-20(18,19)16-10-4-5-14(11-16)15(17)13-8-6-12(2)7-9-13/h6-9,14H,3-5,10-11H2,1-2H3. The smallest absolute Gasteiger partial charge is 0.213 e. The molecule has 2 rings (SSSR count). The van der Waals surface area contributed by atoms with Gasteiger partial charge in [0.1, 0.15) is 0 Å². The zero-order valence-electron chi connectivity index (χ0n) is 12.0. The van der Waals surface area contributed by atoms with Crippen LogP contribution in [0, 0.1) is 12.8 Å². The topological polar surface area (TPSA) is 54.5 Å². The van der Waals surface area contributed by atoms with Gasteiger partial charge in [-0.1, -0.05) is 29.8 Å². The molecule has 0 amide bonds. The maximum atomic E-state index is 12.5. The van der Waals surface area contributed by atoms with E-state index >= 15 is 0 Å². The number of nitrogens with zero attached hydrogens (tertiary/aromatic N) is 1. The Morgan fingerprint density at radius 1 is 1.30 bits per heavy atom. The Hall–Kier alpha value is -1.20. The van der Waals surface area contributed by atoms with E-state index in [2.05, 4.69) is 0 Å². The third kappa shape index (κ3) is 3.27. The van der Waals surface area contributed by atoms with Crippen LogP contribution >= 0.6 is 0 Å². The molecule has 110 valence electrons. The van der Waals surface area contributed by atoms with Crippen LogP contribution in [0.3, 0.4) is 0 Å². The predicted octanol–water partition coefficient (Wildman–Crippen LogP) is 2.24. The quantitative estimate of drug-likeness (QED) is 0.801. The van der Waals surface area contributed by atoms with E-state index in [0.29, 0.717) is 18.7 Å². The summed E-state index contributed by atoms with van der Waals surface area (Å²) in [5, 5.41) is 0. The minimum Gasteiger partial charge on any atom is -0.294 e. The summed E-state index contributed by atoms with van der Waals surface area (Å²) in [6.07, 6.45) is 1.52. The third-order valence-corrected chi connectivity index (χ3v) is 5.70. The van der Waals surface area contributed by atoms with Crippen molar-refractivity contribution in [3.05, 3.63) is 35.4 Å². The zero-order valence-corrected chi connectivity index (χ0v) is 12.8. The van der Waals surface area contributed by atoms with Crippen molar-refractivity contribution < 1.29 is 13.2 Å². The molecule has 0 bridgehead atoms. The van der Waals surface area contributed by atoms with Crippen molar-refractivity contribution in [1.29, 1.82) is 0 Å². The van der Waals surface area contributed by atoms with Gasteiger partial charge in [0.2, 0.25) is 10.0 Å². The zero-order chi connectivity index (χ0) is 14.8. The van der Waals surface area contributed by atoms with Gasteiger partial charge in [0.15, 0.2) is 5.78 Å². The number of sulfonamides is 1. The van der Waals surface area contributed by atoms with E-state index in [4.69, 9.17) is 0 Å². The number of carbonyl (C=O) groups is 1. The van der Waals surface area contributed by atoms with Gasteiger partial charge in [-0.15, -0.1) is 0 Å². The first kappa shape index (κ1) is 15.2. The molecule has 20 heavy (non-hydrogen) atoms. The highest BCUT2D eigenvalue weighted by Crippen LogP contribution is 2.23. The van der Waals surface area contributed by atoms with Crippen LogP contribution < -0.4 is 0 Å². The lowest BCUT2D eigenvalue weighted by Crippen LogP contribution is -2.42. The van der Waals surface area contributed by atoms with Crippen LogP contribution in [0.5, 0.6) is 0 Å². The highest BCUT2D eigenvalue weighted by atomic mass is 32.2. The Morgan fingerprint density at radius 3 is 2.55 bits per heavy atom. The van der Waals surface area contributed by atoms with E-state index in [1.54, 1.807) is 6.92 Å². The Labute approximate surface area is 120 Å². The first-order chi connectivity index (χ1) is 9.44. The molecule has 1 unspecified atom stereocenters. The van der Waals surface area contributed by atoms with Crippen LogP contribution in [0.4, 0.5) is 0 Å². The number of carbonyl (C=O) groups excluding carboxylic acids is 1. The van der Waals surface area contributed by atoms with Gasteiger partial charge in [-0.05, 0) is 26.7 Å². The van der Waals surface area contributed by atoms with Gasteiger partial charge in [-0.25, -0.2) is 12.7 Å². The molecule has 0 saturated carbocycles. The Kier molecular flexibility index (Phi) is 4.60. The fourth-order valence-electron chi connectivity index (χ4n) is 2.55. The molecule has 1 aromatic carbocycles. The van der Waals surface area contributed by atoms with Crippen molar-refractivity contribution in [2.24, 2.45) is 5.92 Å². The summed E-state index contributed by atoms with van der Waals surface area (Å²) >= 11 is 0. The van der Waals surface area contributed by atoms with Gasteiger partial charge in [0.25, 0.3) is 0 Å². The predicted molar refractivity (Wildman–Crippen MR) is 79.3 cm³/mol. The molecular formula is C15H21NO3S. The Morgan fingerprint density at radius 2 is 1.95 bits per heavy atom. The van der Waals surface area contributed by atoms with E-state index in [1.165, 1.54) is 4.31 Å². The number of ketones is 1. The van der Waals surface area contributed by atoms with Gasteiger partial charge in [-0.2, -0.15) is 0 Å². The highest BCUT2D eigenvalue weighted by Gasteiger charge is 2.31. The summed E-state index contributed by atoms with van der Waals surface area (Å²) in [5.41, 5.74) is 1.79. The van der Waals surface area contributed by atoms with Crippen LogP contribution in [-0.2, 0) is 10.0 Å². The molecule has 1 fully saturated rings. The van der Waals surface area contributed by atoms with Gasteiger partial charge < -0.3 is 0 Å². The van der Waals surface area contributed by atoms with Crippen molar-refractivity contribution >= 4 is 15.8 Å². The maximum Gasteiger partial charge on any atom is 0.213 e. The number of piperidine rings is 1. The monoisotopic (exact) mass is 295 g/mol. The summed E-state index contributed by atoms with van der Waals surface area (Å²) in [6.45, 7) is 4.47. The first-order valence-corrected chi connectivity index (χ1v) is 8.63. The van der Waals surface area contributed by atoms with E-state index in [0.717, 1.165) is 18.4 Å². The van der Waals surface area contributed by atoms with Gasteiger partial charge in [0.05, 0.1) is 5.75 Å². The normalized spacial score (nSPS) is 20.8. The summed E-state index contributed by atoms with van der Waals surface area (Å²) < 4.78 is 25.3. The van der Waals surface area contributed by atoms with Crippen LogP contribution in [-0.4, -0.2) is 37.3 Å². The number of rotatable bonds is 4. The lowest BCUT2D eigenvalue weighted by molar-refractivity contribution is 0.0872. The second-order valence-electron chi connectivity index (χ2n) is 5.33. The minimum absolute atomic E-state index is 0.0565.